The van der Waals surface area contributed by atoms with E-state index in [0.29, 0.717) is 22.9 Å². The number of hydrogen-bond donors (Lipinski definition) is 1. The van der Waals surface area contributed by atoms with Crippen LogP contribution in [0.3, 0.4) is 0 Å². The molecule has 1 aromatic rings. The van der Waals surface area contributed by atoms with E-state index in [2.05, 4.69) is 0 Å². The Bertz CT molecular complexity index is 513. The van der Waals surface area contributed by atoms with Gasteiger partial charge < -0.3 is 14.6 Å². The van der Waals surface area contributed by atoms with Crippen LogP contribution in [0.2, 0.25) is 5.02 Å². The molecule has 1 fully saturated rings. The molecule has 2 unspecified atom stereocenters. The van der Waals surface area contributed by atoms with Crippen molar-refractivity contribution in [3.05, 3.63) is 34.9 Å². The molecule has 108 valence electrons. The van der Waals surface area contributed by atoms with Crippen LogP contribution in [0.15, 0.2) is 24.3 Å². The smallest absolute Gasteiger partial charge is 0.328 e. The van der Waals surface area contributed by atoms with Gasteiger partial charge in [-0.2, -0.15) is 0 Å². The lowest BCUT2D eigenvalue weighted by Crippen LogP contribution is -2.18. The Morgan fingerprint density at radius 2 is 2.35 bits per heavy atom. The van der Waals surface area contributed by atoms with Crippen molar-refractivity contribution in [2.45, 2.75) is 32.0 Å². The molecule has 1 saturated heterocycles. The van der Waals surface area contributed by atoms with E-state index in [1.807, 2.05) is 6.92 Å². The van der Waals surface area contributed by atoms with Crippen LogP contribution < -0.4 is 4.74 Å². The first-order valence-corrected chi connectivity index (χ1v) is 6.92. The van der Waals surface area contributed by atoms with E-state index in [-0.39, 0.29) is 12.2 Å². The quantitative estimate of drug-likeness (QED) is 0.846. The van der Waals surface area contributed by atoms with E-state index < -0.39 is 5.97 Å². The summed E-state index contributed by atoms with van der Waals surface area (Å²) in [5.74, 6) is -0.457. The summed E-state index contributed by atoms with van der Waals surface area (Å²) in [6.45, 7) is 2.49. The highest BCUT2D eigenvalue weighted by atomic mass is 35.5. The summed E-state index contributed by atoms with van der Waals surface area (Å²) in [6.07, 6.45) is 4.85. The minimum Gasteiger partial charge on any atom is -0.490 e. The fourth-order valence-electron chi connectivity index (χ4n) is 2.15. The third-order valence-corrected chi connectivity index (χ3v) is 3.48. The largest absolute Gasteiger partial charge is 0.490 e. The van der Waals surface area contributed by atoms with Crippen LogP contribution in [0.1, 0.15) is 25.3 Å². The molecule has 0 radical (unpaired) electrons. The predicted octanol–water partition coefficient (Wildman–Crippen LogP) is 3.38. The van der Waals surface area contributed by atoms with Crippen molar-refractivity contribution in [1.29, 1.82) is 0 Å². The maximum Gasteiger partial charge on any atom is 0.328 e. The number of halogens is 1. The van der Waals surface area contributed by atoms with Gasteiger partial charge >= 0.3 is 5.97 Å². The summed E-state index contributed by atoms with van der Waals surface area (Å²) < 4.78 is 11.4. The average Bonchev–Trinajstić information content (AvgIpc) is 2.81. The molecular formula is C15H17ClO4. The van der Waals surface area contributed by atoms with E-state index >= 15 is 0 Å². The Balaban J connectivity index is 2.06. The Morgan fingerprint density at radius 1 is 1.55 bits per heavy atom. The van der Waals surface area contributed by atoms with Crippen LogP contribution in [-0.2, 0) is 9.53 Å². The molecule has 1 aromatic carbocycles. The van der Waals surface area contributed by atoms with E-state index in [0.717, 1.165) is 18.9 Å². The van der Waals surface area contributed by atoms with Crippen molar-refractivity contribution in [2.75, 3.05) is 6.61 Å². The minimum absolute atomic E-state index is 0.0836. The molecule has 0 amide bonds. The van der Waals surface area contributed by atoms with Crippen molar-refractivity contribution in [3.8, 4) is 5.75 Å². The van der Waals surface area contributed by atoms with Gasteiger partial charge in [0.25, 0.3) is 0 Å². The molecule has 0 aromatic heterocycles. The summed E-state index contributed by atoms with van der Waals surface area (Å²) in [7, 11) is 0. The first-order chi connectivity index (χ1) is 9.56. The number of benzene rings is 1. The second kappa shape index (κ2) is 6.77. The summed E-state index contributed by atoms with van der Waals surface area (Å²) >= 11 is 6.08. The van der Waals surface area contributed by atoms with Crippen LogP contribution in [0.5, 0.6) is 5.75 Å². The number of carboxylic acids is 1. The third-order valence-electron chi connectivity index (χ3n) is 3.15. The van der Waals surface area contributed by atoms with Crippen molar-refractivity contribution in [3.63, 3.8) is 0 Å². The maximum absolute atomic E-state index is 10.6. The SMILES string of the molecule is CC1CCC(COc2cccc(Cl)c2/C=C/C(=O)O)O1. The topological polar surface area (TPSA) is 55.8 Å². The van der Waals surface area contributed by atoms with Gasteiger partial charge in [0.2, 0.25) is 0 Å². The normalized spacial score (nSPS) is 22.3. The second-order valence-electron chi connectivity index (χ2n) is 4.78. The Labute approximate surface area is 123 Å². The van der Waals surface area contributed by atoms with Crippen LogP contribution in [0.4, 0.5) is 0 Å². The lowest BCUT2D eigenvalue weighted by atomic mass is 10.2. The molecule has 2 atom stereocenters. The van der Waals surface area contributed by atoms with E-state index in [4.69, 9.17) is 26.2 Å². The standard InChI is InChI=1S/C15H17ClO4/c1-10-5-6-11(20-10)9-19-14-4-2-3-13(16)12(14)7-8-15(17)18/h2-4,7-8,10-11H,5-6,9H2,1H3,(H,17,18)/b8-7+. The molecule has 0 spiro atoms. The molecule has 1 aliphatic rings. The predicted molar refractivity (Wildman–Crippen MR) is 77.2 cm³/mol. The van der Waals surface area contributed by atoms with Gasteiger partial charge in [0.15, 0.2) is 0 Å². The summed E-state index contributed by atoms with van der Waals surface area (Å²) in [5.41, 5.74) is 0.572. The molecule has 0 aliphatic carbocycles. The molecular weight excluding hydrogens is 280 g/mol. The first-order valence-electron chi connectivity index (χ1n) is 6.54. The molecule has 1 N–H and O–H groups in total. The fraction of sp³-hybridized carbons (Fsp3) is 0.400. The maximum atomic E-state index is 10.6. The van der Waals surface area contributed by atoms with Gasteiger partial charge in [0.05, 0.1) is 17.2 Å². The van der Waals surface area contributed by atoms with Gasteiger partial charge in [-0.05, 0) is 38.0 Å². The summed E-state index contributed by atoms with van der Waals surface area (Å²) in [5, 5.41) is 9.16. The van der Waals surface area contributed by atoms with Crippen molar-refractivity contribution in [2.24, 2.45) is 0 Å². The molecule has 1 aliphatic heterocycles. The first kappa shape index (κ1) is 14.9. The number of aliphatic carboxylic acids is 1. The van der Waals surface area contributed by atoms with Crippen molar-refractivity contribution in [1.82, 2.24) is 0 Å². The second-order valence-corrected chi connectivity index (χ2v) is 5.19. The molecule has 20 heavy (non-hydrogen) atoms. The Morgan fingerprint density at radius 3 is 3.00 bits per heavy atom. The monoisotopic (exact) mass is 296 g/mol. The van der Waals surface area contributed by atoms with Crippen molar-refractivity contribution < 1.29 is 19.4 Å². The van der Waals surface area contributed by atoms with Crippen LogP contribution in [0.25, 0.3) is 6.08 Å². The highest BCUT2D eigenvalue weighted by molar-refractivity contribution is 6.32. The zero-order valence-corrected chi connectivity index (χ0v) is 12.0. The lowest BCUT2D eigenvalue weighted by Gasteiger charge is -2.14. The zero-order chi connectivity index (χ0) is 14.5. The Kier molecular flexibility index (Phi) is 5.04. The zero-order valence-electron chi connectivity index (χ0n) is 11.2. The molecule has 0 saturated carbocycles. The van der Waals surface area contributed by atoms with E-state index in [1.54, 1.807) is 18.2 Å². The average molecular weight is 297 g/mol. The fourth-order valence-corrected chi connectivity index (χ4v) is 2.38. The molecule has 1 heterocycles. The van der Waals surface area contributed by atoms with E-state index in [1.165, 1.54) is 6.08 Å². The molecule has 2 rings (SSSR count). The van der Waals surface area contributed by atoms with Gasteiger partial charge in [-0.25, -0.2) is 4.79 Å². The number of carbonyl (C=O) groups is 1. The highest BCUT2D eigenvalue weighted by Crippen LogP contribution is 2.29. The number of hydrogen-bond acceptors (Lipinski definition) is 3. The molecule has 4 nitrogen and oxygen atoms in total. The summed E-state index contributed by atoms with van der Waals surface area (Å²) in [6, 6.07) is 5.24. The van der Waals surface area contributed by atoms with Crippen LogP contribution in [0, 0.1) is 0 Å². The number of ether oxygens (including phenoxy) is 2. The van der Waals surface area contributed by atoms with Gasteiger partial charge in [0.1, 0.15) is 12.4 Å². The third kappa shape index (κ3) is 3.99. The summed E-state index contributed by atoms with van der Waals surface area (Å²) in [4.78, 5) is 10.6. The van der Waals surface area contributed by atoms with Gasteiger partial charge in [0, 0.05) is 11.6 Å². The molecule has 5 heteroatoms. The lowest BCUT2D eigenvalue weighted by molar-refractivity contribution is -0.131. The molecule has 0 bridgehead atoms. The Hall–Kier alpha value is -1.52. The highest BCUT2D eigenvalue weighted by Gasteiger charge is 2.22. The number of carboxylic acid groups (broad SMARTS) is 1. The van der Waals surface area contributed by atoms with Gasteiger partial charge in [-0.3, -0.25) is 0 Å². The van der Waals surface area contributed by atoms with Crippen molar-refractivity contribution >= 4 is 23.6 Å². The van der Waals surface area contributed by atoms with Gasteiger partial charge in [-0.15, -0.1) is 0 Å². The number of rotatable bonds is 5. The van der Waals surface area contributed by atoms with Gasteiger partial charge in [-0.1, -0.05) is 17.7 Å². The van der Waals surface area contributed by atoms with Crippen LogP contribution >= 0.6 is 11.6 Å². The van der Waals surface area contributed by atoms with Crippen LogP contribution in [-0.4, -0.2) is 29.9 Å². The van der Waals surface area contributed by atoms with E-state index in [9.17, 15) is 4.79 Å². The minimum atomic E-state index is -1.02.